The van der Waals surface area contributed by atoms with Gasteiger partial charge >= 0.3 is 5.97 Å². The summed E-state index contributed by atoms with van der Waals surface area (Å²) in [6.07, 6.45) is 1.04. The van der Waals surface area contributed by atoms with Gasteiger partial charge in [-0.05, 0) is 58.1 Å². The molecule has 0 spiro atoms. The number of ketones is 1. The number of carbonyl (C=O) groups is 2. The molecule has 0 bridgehead atoms. The largest absolute Gasteiger partial charge is 0.454 e. The van der Waals surface area contributed by atoms with Crippen molar-refractivity contribution >= 4 is 29.3 Å². The zero-order chi connectivity index (χ0) is 21.3. The van der Waals surface area contributed by atoms with Gasteiger partial charge in [-0.1, -0.05) is 23.9 Å². The van der Waals surface area contributed by atoms with Gasteiger partial charge < -0.3 is 4.74 Å². The fraction of sp³-hybridized carbons (Fsp3) is 0.381. The molecule has 29 heavy (non-hydrogen) atoms. The van der Waals surface area contributed by atoms with E-state index < -0.39 is 12.1 Å². The SMILES string of the molecule is CSc1nc2nc(C)c(CC(=O)OC(C)C(=O)c3ccc(C)c(C)c3)c(C)n2n1. The van der Waals surface area contributed by atoms with Crippen molar-refractivity contribution in [2.45, 2.75) is 52.3 Å². The van der Waals surface area contributed by atoms with Crippen LogP contribution in [0.15, 0.2) is 23.4 Å². The minimum Gasteiger partial charge on any atom is -0.454 e. The molecule has 7 nitrogen and oxygen atoms in total. The zero-order valence-electron chi connectivity index (χ0n) is 17.4. The second-order valence-corrected chi connectivity index (χ2v) is 7.82. The fourth-order valence-electron chi connectivity index (χ4n) is 3.10. The third kappa shape index (κ3) is 4.32. The van der Waals surface area contributed by atoms with E-state index in [1.165, 1.54) is 11.8 Å². The molecule has 0 aliphatic rings. The van der Waals surface area contributed by atoms with Crippen LogP contribution in [0, 0.1) is 27.7 Å². The molecule has 2 aromatic heterocycles. The molecule has 1 atom stereocenters. The van der Waals surface area contributed by atoms with E-state index >= 15 is 0 Å². The highest BCUT2D eigenvalue weighted by atomic mass is 32.2. The zero-order valence-corrected chi connectivity index (χ0v) is 18.3. The Morgan fingerprint density at radius 1 is 1.14 bits per heavy atom. The first kappa shape index (κ1) is 21.0. The molecule has 3 rings (SSSR count). The molecule has 152 valence electrons. The molecule has 0 amide bonds. The highest BCUT2D eigenvalue weighted by Crippen LogP contribution is 2.18. The second kappa shape index (κ2) is 8.32. The summed E-state index contributed by atoms with van der Waals surface area (Å²) in [6.45, 7) is 9.22. The number of nitrogens with zero attached hydrogens (tertiary/aromatic N) is 4. The van der Waals surface area contributed by atoms with Crippen LogP contribution < -0.4 is 0 Å². The normalized spacial score (nSPS) is 12.2. The summed E-state index contributed by atoms with van der Waals surface area (Å²) in [6, 6.07) is 5.48. The average molecular weight is 413 g/mol. The van der Waals surface area contributed by atoms with Crippen molar-refractivity contribution in [2.75, 3.05) is 6.26 Å². The summed E-state index contributed by atoms with van der Waals surface area (Å²) in [4.78, 5) is 33.9. The summed E-state index contributed by atoms with van der Waals surface area (Å²) >= 11 is 1.43. The van der Waals surface area contributed by atoms with E-state index in [9.17, 15) is 9.59 Å². The molecule has 0 N–H and O–H groups in total. The van der Waals surface area contributed by atoms with Crippen LogP contribution in [-0.4, -0.2) is 43.7 Å². The fourth-order valence-corrected chi connectivity index (χ4v) is 3.43. The highest BCUT2D eigenvalue weighted by Gasteiger charge is 2.22. The maximum Gasteiger partial charge on any atom is 0.311 e. The lowest BCUT2D eigenvalue weighted by Crippen LogP contribution is -2.26. The first-order valence-electron chi connectivity index (χ1n) is 9.29. The Morgan fingerprint density at radius 2 is 1.86 bits per heavy atom. The molecule has 3 aromatic rings. The van der Waals surface area contributed by atoms with Crippen molar-refractivity contribution in [3.63, 3.8) is 0 Å². The van der Waals surface area contributed by atoms with Gasteiger partial charge in [0.15, 0.2) is 6.10 Å². The molecule has 1 unspecified atom stereocenters. The number of hydrogen-bond acceptors (Lipinski definition) is 7. The van der Waals surface area contributed by atoms with Crippen molar-refractivity contribution in [3.8, 4) is 0 Å². The Kier molecular flexibility index (Phi) is 6.02. The molecule has 0 saturated carbocycles. The van der Waals surface area contributed by atoms with Crippen molar-refractivity contribution in [2.24, 2.45) is 0 Å². The van der Waals surface area contributed by atoms with Crippen LogP contribution in [0.1, 0.15) is 45.4 Å². The van der Waals surface area contributed by atoms with Gasteiger partial charge in [0.2, 0.25) is 10.9 Å². The van der Waals surface area contributed by atoms with Crippen LogP contribution in [0.3, 0.4) is 0 Å². The van der Waals surface area contributed by atoms with Crippen LogP contribution in [0.2, 0.25) is 0 Å². The van der Waals surface area contributed by atoms with Crippen LogP contribution in [-0.2, 0) is 16.0 Å². The molecule has 0 fully saturated rings. The Morgan fingerprint density at radius 3 is 2.52 bits per heavy atom. The van der Waals surface area contributed by atoms with Crippen molar-refractivity contribution in [1.29, 1.82) is 0 Å². The summed E-state index contributed by atoms with van der Waals surface area (Å²) in [5, 5.41) is 5.00. The quantitative estimate of drug-likeness (QED) is 0.348. The van der Waals surface area contributed by atoms with Gasteiger partial charge in [0.25, 0.3) is 5.78 Å². The monoisotopic (exact) mass is 412 g/mol. The number of ether oxygens (including phenoxy) is 1. The van der Waals surface area contributed by atoms with E-state index in [4.69, 9.17) is 4.74 Å². The van der Waals surface area contributed by atoms with Gasteiger partial charge in [-0.25, -0.2) is 9.50 Å². The number of fused-ring (bicyclic) bond motifs is 1. The number of carbonyl (C=O) groups excluding carboxylic acids is 2. The van der Waals surface area contributed by atoms with E-state index in [0.29, 0.717) is 22.2 Å². The van der Waals surface area contributed by atoms with Crippen LogP contribution in [0.25, 0.3) is 5.78 Å². The highest BCUT2D eigenvalue weighted by molar-refractivity contribution is 7.98. The lowest BCUT2D eigenvalue weighted by molar-refractivity contribution is -0.145. The van der Waals surface area contributed by atoms with Crippen molar-refractivity contribution in [1.82, 2.24) is 19.6 Å². The third-order valence-electron chi connectivity index (χ3n) is 5.00. The standard InChI is InChI=1S/C21H24N4O3S/c1-11-7-8-16(9-12(11)2)19(27)15(5)28-18(26)10-17-13(3)22-20-23-21(29-6)24-25(20)14(17)4/h7-9,15H,10H2,1-6H3. The predicted octanol–water partition coefficient (Wildman–Crippen LogP) is 3.44. The first-order valence-corrected chi connectivity index (χ1v) is 10.5. The lowest BCUT2D eigenvalue weighted by atomic mass is 10.0. The van der Waals surface area contributed by atoms with Gasteiger partial charge in [-0.2, -0.15) is 4.98 Å². The average Bonchev–Trinajstić information content (AvgIpc) is 3.10. The van der Waals surface area contributed by atoms with E-state index in [1.807, 2.05) is 46.1 Å². The molecular formula is C21H24N4O3S. The molecule has 8 heteroatoms. The topological polar surface area (TPSA) is 86.5 Å². The maximum absolute atomic E-state index is 12.6. The summed E-state index contributed by atoms with van der Waals surface area (Å²) in [5.41, 5.74) is 4.88. The molecule has 1 aromatic carbocycles. The number of esters is 1. The van der Waals surface area contributed by atoms with Gasteiger partial charge in [-0.15, -0.1) is 5.10 Å². The maximum atomic E-state index is 12.6. The van der Waals surface area contributed by atoms with E-state index in [2.05, 4.69) is 15.1 Å². The van der Waals surface area contributed by atoms with Crippen molar-refractivity contribution < 1.29 is 14.3 Å². The van der Waals surface area contributed by atoms with E-state index in [0.717, 1.165) is 22.4 Å². The number of thioether (sulfide) groups is 1. The number of rotatable bonds is 6. The number of Topliss-reactive ketones (excluding diaryl/α,β-unsaturated/α-hetero) is 1. The van der Waals surface area contributed by atoms with Gasteiger partial charge in [0, 0.05) is 22.5 Å². The van der Waals surface area contributed by atoms with Crippen LogP contribution in [0.4, 0.5) is 0 Å². The molecule has 0 radical (unpaired) electrons. The van der Waals surface area contributed by atoms with Crippen LogP contribution in [0.5, 0.6) is 0 Å². The Bertz CT molecular complexity index is 1110. The Labute approximate surface area is 173 Å². The summed E-state index contributed by atoms with van der Waals surface area (Å²) < 4.78 is 7.05. The van der Waals surface area contributed by atoms with Gasteiger partial charge in [0.1, 0.15) is 0 Å². The van der Waals surface area contributed by atoms with Gasteiger partial charge in [-0.3, -0.25) is 9.59 Å². The summed E-state index contributed by atoms with van der Waals surface area (Å²) in [7, 11) is 0. The smallest absolute Gasteiger partial charge is 0.311 e. The molecular weight excluding hydrogens is 388 g/mol. The Hall–Kier alpha value is -2.74. The number of benzene rings is 1. The number of hydrogen-bond donors (Lipinski definition) is 0. The number of aromatic nitrogens is 4. The molecule has 0 saturated heterocycles. The molecule has 0 aliphatic heterocycles. The lowest BCUT2D eigenvalue weighted by Gasteiger charge is -2.15. The first-order chi connectivity index (χ1) is 13.7. The second-order valence-electron chi connectivity index (χ2n) is 7.04. The molecule has 2 heterocycles. The molecule has 0 aliphatic carbocycles. The predicted molar refractivity (Wildman–Crippen MR) is 112 cm³/mol. The minimum absolute atomic E-state index is 0.0135. The van der Waals surface area contributed by atoms with E-state index in [-0.39, 0.29) is 12.2 Å². The Balaban J connectivity index is 1.76. The van der Waals surface area contributed by atoms with Gasteiger partial charge in [0.05, 0.1) is 6.42 Å². The van der Waals surface area contributed by atoms with E-state index in [1.54, 1.807) is 17.5 Å². The minimum atomic E-state index is -0.864. The van der Waals surface area contributed by atoms with Crippen LogP contribution >= 0.6 is 11.8 Å². The number of aryl methyl sites for hydroxylation is 4. The van der Waals surface area contributed by atoms with Crippen molar-refractivity contribution in [3.05, 3.63) is 51.8 Å². The third-order valence-corrected chi connectivity index (χ3v) is 5.54. The summed E-state index contributed by atoms with van der Waals surface area (Å²) in [5.74, 6) is -0.198.